The molecule has 2 heterocycles. The van der Waals surface area contributed by atoms with Crippen molar-refractivity contribution in [3.05, 3.63) is 56.7 Å². The summed E-state index contributed by atoms with van der Waals surface area (Å²) in [7, 11) is 0. The van der Waals surface area contributed by atoms with Crippen molar-refractivity contribution in [1.82, 2.24) is 0 Å². The first kappa shape index (κ1) is 15.5. The number of halogens is 1. The molecule has 1 aliphatic heterocycles. The van der Waals surface area contributed by atoms with Crippen LogP contribution in [-0.2, 0) is 13.1 Å². The Morgan fingerprint density at radius 1 is 1.00 bits per heavy atom. The Morgan fingerprint density at radius 3 is 2.32 bits per heavy atom. The van der Waals surface area contributed by atoms with E-state index in [0.29, 0.717) is 0 Å². The Kier molecular flexibility index (Phi) is 5.12. The van der Waals surface area contributed by atoms with Gasteiger partial charge in [-0.15, -0.1) is 11.3 Å². The summed E-state index contributed by atoms with van der Waals surface area (Å²) < 4.78 is 0.881. The van der Waals surface area contributed by atoms with E-state index in [1.807, 2.05) is 24.3 Å². The van der Waals surface area contributed by atoms with Gasteiger partial charge in [0.1, 0.15) is 39.3 Å². The molecule has 3 nitrogen and oxygen atoms in total. The number of rotatable bonds is 4. The van der Waals surface area contributed by atoms with Crippen LogP contribution in [0, 0.1) is 11.3 Å². The molecule has 114 valence electrons. The number of benzene rings is 1. The van der Waals surface area contributed by atoms with Gasteiger partial charge in [-0.05, 0) is 18.2 Å². The highest BCUT2D eigenvalue weighted by Gasteiger charge is 2.24. The van der Waals surface area contributed by atoms with E-state index in [1.165, 1.54) is 23.5 Å². The molecule has 1 aromatic heterocycles. The highest BCUT2D eigenvalue weighted by atomic mass is 35.5. The molecule has 0 atom stereocenters. The highest BCUT2D eigenvalue weighted by Crippen LogP contribution is 2.20. The minimum atomic E-state index is 0.818. The number of piperazine rings is 1. The van der Waals surface area contributed by atoms with E-state index < -0.39 is 0 Å². The Hall–Kier alpha value is -1.38. The van der Waals surface area contributed by atoms with E-state index in [9.17, 15) is 5.26 Å². The van der Waals surface area contributed by atoms with Crippen LogP contribution in [0.5, 0.6) is 0 Å². The van der Waals surface area contributed by atoms with Gasteiger partial charge in [0.15, 0.2) is 0 Å². The van der Waals surface area contributed by atoms with E-state index in [-0.39, 0.29) is 0 Å². The molecule has 0 amide bonds. The molecule has 1 aliphatic rings. The van der Waals surface area contributed by atoms with Crippen molar-refractivity contribution in [2.24, 2.45) is 0 Å². The first-order valence-corrected chi connectivity index (χ1v) is 8.83. The van der Waals surface area contributed by atoms with E-state index in [2.05, 4.69) is 18.2 Å². The molecular weight excluding hydrogens is 314 g/mol. The van der Waals surface area contributed by atoms with Gasteiger partial charge in [-0.25, -0.2) is 0 Å². The van der Waals surface area contributed by atoms with Crippen molar-refractivity contribution >= 4 is 22.9 Å². The number of nitrogens with zero attached hydrogens (tertiary/aromatic N) is 1. The molecule has 0 unspecified atom stereocenters. The highest BCUT2D eigenvalue weighted by molar-refractivity contribution is 7.16. The topological polar surface area (TPSA) is 32.7 Å². The third kappa shape index (κ3) is 3.88. The Bertz CT molecular complexity index is 669. The number of hydrogen-bond donors (Lipinski definition) is 2. The summed E-state index contributed by atoms with van der Waals surface area (Å²) >= 11 is 7.69. The van der Waals surface area contributed by atoms with E-state index in [4.69, 9.17) is 11.6 Å². The van der Waals surface area contributed by atoms with Crippen LogP contribution >= 0.6 is 22.9 Å². The molecule has 1 saturated heterocycles. The van der Waals surface area contributed by atoms with Gasteiger partial charge >= 0.3 is 0 Å². The van der Waals surface area contributed by atoms with Crippen LogP contribution in [0.15, 0.2) is 36.4 Å². The van der Waals surface area contributed by atoms with Crippen molar-refractivity contribution in [2.75, 3.05) is 26.2 Å². The third-order valence-electron chi connectivity index (χ3n) is 4.30. The van der Waals surface area contributed by atoms with Gasteiger partial charge in [-0.2, -0.15) is 5.26 Å². The zero-order valence-corrected chi connectivity index (χ0v) is 14.0. The van der Waals surface area contributed by atoms with E-state index in [0.717, 1.165) is 36.1 Å². The van der Waals surface area contributed by atoms with Crippen molar-refractivity contribution in [3.8, 4) is 6.07 Å². The molecule has 0 radical (unpaired) electrons. The van der Waals surface area contributed by atoms with E-state index in [1.54, 1.807) is 21.1 Å². The predicted molar refractivity (Wildman–Crippen MR) is 89.3 cm³/mol. The van der Waals surface area contributed by atoms with Crippen molar-refractivity contribution in [3.63, 3.8) is 0 Å². The van der Waals surface area contributed by atoms with Crippen LogP contribution in [-0.4, -0.2) is 26.2 Å². The molecule has 2 aromatic rings. The summed E-state index contributed by atoms with van der Waals surface area (Å²) in [4.78, 5) is 4.59. The maximum atomic E-state index is 9.18. The molecule has 0 saturated carbocycles. The van der Waals surface area contributed by atoms with Gasteiger partial charge in [-0.1, -0.05) is 29.8 Å². The zero-order valence-electron chi connectivity index (χ0n) is 12.4. The summed E-state index contributed by atoms with van der Waals surface area (Å²) in [6, 6.07) is 14.4. The molecule has 0 aliphatic carbocycles. The zero-order chi connectivity index (χ0) is 15.4. The van der Waals surface area contributed by atoms with Crippen LogP contribution in [0.1, 0.15) is 16.0 Å². The fourth-order valence-corrected chi connectivity index (χ4v) is 4.22. The van der Waals surface area contributed by atoms with Gasteiger partial charge in [0.2, 0.25) is 0 Å². The lowest BCUT2D eigenvalue weighted by molar-refractivity contribution is -1.02. The standard InChI is InChI=1S/C17H18ClN3S/c18-17-6-5-16(22-17)13-21-9-7-20(8-10-21)12-15-4-2-1-3-14(15)11-19/h1-6H,7-10,12-13H2/p+2. The Labute approximate surface area is 140 Å². The van der Waals surface area contributed by atoms with Gasteiger partial charge in [0.05, 0.1) is 20.8 Å². The second-order valence-corrected chi connectivity index (χ2v) is 7.63. The van der Waals surface area contributed by atoms with Crippen molar-refractivity contribution in [2.45, 2.75) is 13.1 Å². The average Bonchev–Trinajstić information content (AvgIpc) is 2.95. The number of quaternary nitrogens is 2. The minimum absolute atomic E-state index is 0.818. The molecule has 22 heavy (non-hydrogen) atoms. The SMILES string of the molecule is N#Cc1ccccc1C[NH+]1CC[NH+](Cc2ccc(Cl)s2)CC1. The number of nitrogens with one attached hydrogen (secondary N) is 2. The normalized spacial score (nSPS) is 21.5. The maximum absolute atomic E-state index is 9.18. The predicted octanol–water partition coefficient (Wildman–Crippen LogP) is 0.757. The van der Waals surface area contributed by atoms with Gasteiger partial charge in [0.25, 0.3) is 0 Å². The van der Waals surface area contributed by atoms with Gasteiger partial charge in [0, 0.05) is 5.56 Å². The quantitative estimate of drug-likeness (QED) is 0.850. The second kappa shape index (κ2) is 7.26. The number of nitriles is 1. The summed E-state index contributed by atoms with van der Waals surface area (Å²) in [6.07, 6.45) is 0. The Balaban J connectivity index is 1.52. The first-order valence-electron chi connectivity index (χ1n) is 7.64. The maximum Gasteiger partial charge on any atom is 0.127 e. The molecule has 3 rings (SSSR count). The van der Waals surface area contributed by atoms with Crippen LogP contribution < -0.4 is 9.80 Å². The van der Waals surface area contributed by atoms with Crippen molar-refractivity contribution in [1.29, 1.82) is 5.26 Å². The fraction of sp³-hybridized carbons (Fsp3) is 0.353. The van der Waals surface area contributed by atoms with Gasteiger partial charge < -0.3 is 9.80 Å². The van der Waals surface area contributed by atoms with Crippen LogP contribution in [0.25, 0.3) is 0 Å². The second-order valence-electron chi connectivity index (χ2n) is 5.83. The van der Waals surface area contributed by atoms with E-state index >= 15 is 0 Å². The summed E-state index contributed by atoms with van der Waals surface area (Å²) in [5.74, 6) is 0. The summed E-state index contributed by atoms with van der Waals surface area (Å²) in [5.41, 5.74) is 1.99. The number of thiophene rings is 1. The molecule has 1 fully saturated rings. The molecule has 2 N–H and O–H groups in total. The third-order valence-corrected chi connectivity index (χ3v) is 5.53. The minimum Gasteiger partial charge on any atom is -0.322 e. The molecule has 5 heteroatoms. The van der Waals surface area contributed by atoms with Crippen LogP contribution in [0.4, 0.5) is 0 Å². The summed E-state index contributed by atoms with van der Waals surface area (Å²) in [5, 5.41) is 9.18. The smallest absolute Gasteiger partial charge is 0.127 e. The number of hydrogen-bond acceptors (Lipinski definition) is 2. The van der Waals surface area contributed by atoms with Gasteiger partial charge in [-0.3, -0.25) is 0 Å². The fourth-order valence-electron chi connectivity index (χ4n) is 3.06. The monoisotopic (exact) mass is 333 g/mol. The molecule has 0 bridgehead atoms. The lowest BCUT2D eigenvalue weighted by Crippen LogP contribution is -3.27. The lowest BCUT2D eigenvalue weighted by Gasteiger charge is -2.29. The molecule has 1 aromatic carbocycles. The van der Waals surface area contributed by atoms with Crippen LogP contribution in [0.2, 0.25) is 4.34 Å². The molecular formula is C17H20ClN3S+2. The summed E-state index contributed by atoms with van der Waals surface area (Å²) in [6.45, 7) is 6.73. The molecule has 0 spiro atoms. The Morgan fingerprint density at radius 2 is 1.68 bits per heavy atom. The largest absolute Gasteiger partial charge is 0.322 e. The van der Waals surface area contributed by atoms with Crippen molar-refractivity contribution < 1.29 is 9.80 Å². The van der Waals surface area contributed by atoms with Crippen LogP contribution in [0.3, 0.4) is 0 Å². The average molecular weight is 334 g/mol. The first-order chi connectivity index (χ1) is 10.7. The lowest BCUT2D eigenvalue weighted by atomic mass is 10.1.